The van der Waals surface area contributed by atoms with Gasteiger partial charge in [0.05, 0.1) is 12.6 Å². The molecule has 0 spiro atoms. The van der Waals surface area contributed by atoms with E-state index in [4.69, 9.17) is 4.74 Å². The number of likely N-dealkylation sites (tertiary alicyclic amines) is 1. The third-order valence-corrected chi connectivity index (χ3v) is 9.10. The van der Waals surface area contributed by atoms with E-state index in [2.05, 4.69) is 42.2 Å². The molecular formula is C30H47N3O3. The lowest BCUT2D eigenvalue weighted by atomic mass is 9.54. The van der Waals surface area contributed by atoms with Gasteiger partial charge in [-0.3, -0.25) is 14.6 Å². The van der Waals surface area contributed by atoms with Crippen LogP contribution in [0.15, 0.2) is 30.3 Å². The van der Waals surface area contributed by atoms with Gasteiger partial charge in [0.1, 0.15) is 0 Å². The third kappa shape index (κ3) is 5.80. The second-order valence-electron chi connectivity index (χ2n) is 11.7. The Labute approximate surface area is 218 Å². The van der Waals surface area contributed by atoms with Crippen molar-refractivity contribution in [1.29, 1.82) is 0 Å². The molecule has 6 nitrogen and oxygen atoms in total. The first kappa shape index (κ1) is 27.1. The molecule has 200 valence electrons. The minimum Gasteiger partial charge on any atom is -0.379 e. The molecule has 3 aliphatic rings. The highest BCUT2D eigenvalue weighted by Crippen LogP contribution is 2.56. The first-order valence-electron chi connectivity index (χ1n) is 14.3. The normalized spacial score (nSPS) is 26.1. The predicted octanol–water partition coefficient (Wildman–Crippen LogP) is 5.36. The fraction of sp³-hybridized carbons (Fsp3) is 0.733. The molecule has 0 aromatic heterocycles. The average molecular weight is 498 g/mol. The van der Waals surface area contributed by atoms with Gasteiger partial charge in [0.2, 0.25) is 5.91 Å². The molecular weight excluding hydrogens is 450 g/mol. The van der Waals surface area contributed by atoms with Crippen LogP contribution in [0, 0.1) is 11.3 Å². The molecule has 3 fully saturated rings. The Bertz CT molecular complexity index is 869. The molecule has 3 amide bonds. The number of hydrogen-bond acceptors (Lipinski definition) is 4. The predicted molar refractivity (Wildman–Crippen MR) is 144 cm³/mol. The van der Waals surface area contributed by atoms with Gasteiger partial charge in [-0.25, -0.2) is 4.79 Å². The van der Waals surface area contributed by atoms with Gasteiger partial charge in [0.15, 0.2) is 0 Å². The highest BCUT2D eigenvalue weighted by atomic mass is 16.5. The number of amides is 3. The van der Waals surface area contributed by atoms with Crippen LogP contribution in [-0.4, -0.2) is 78.1 Å². The molecule has 1 aromatic carbocycles. The third-order valence-electron chi connectivity index (χ3n) is 9.10. The standard InChI is InChI=1S/C30H47N3O3/c1-5-10-25(28(34)33(26-16-20-36-21-26)29(35)31(4)23(2)3)14-17-30-18-15-27(30)32(22-30)19-9-13-24-11-7-6-8-12-24/h6-8,11-12,23,25-27H,5,9-10,13-22H2,1-4H3. The number of imide groups is 1. The van der Waals surface area contributed by atoms with Gasteiger partial charge in [-0.05, 0) is 82.7 Å². The Kier molecular flexibility index (Phi) is 9.10. The second kappa shape index (κ2) is 12.1. The summed E-state index contributed by atoms with van der Waals surface area (Å²) in [6.07, 6.45) is 9.48. The van der Waals surface area contributed by atoms with E-state index in [0.29, 0.717) is 24.7 Å². The lowest BCUT2D eigenvalue weighted by molar-refractivity contribution is -0.159. The topological polar surface area (TPSA) is 53.1 Å². The van der Waals surface area contributed by atoms with Crippen LogP contribution in [0.4, 0.5) is 4.79 Å². The summed E-state index contributed by atoms with van der Waals surface area (Å²) in [7, 11) is 1.80. The molecule has 2 saturated heterocycles. The first-order chi connectivity index (χ1) is 17.4. The van der Waals surface area contributed by atoms with E-state index in [0.717, 1.165) is 38.5 Å². The number of benzene rings is 1. The van der Waals surface area contributed by atoms with E-state index >= 15 is 0 Å². The summed E-state index contributed by atoms with van der Waals surface area (Å²) in [5.41, 5.74) is 1.83. The number of nitrogens with zero attached hydrogens (tertiary/aromatic N) is 3. The number of rotatable bonds is 12. The molecule has 6 heteroatoms. The van der Waals surface area contributed by atoms with Crippen molar-refractivity contribution in [3.63, 3.8) is 0 Å². The Morgan fingerprint density at radius 3 is 2.53 bits per heavy atom. The second-order valence-corrected chi connectivity index (χ2v) is 11.7. The van der Waals surface area contributed by atoms with Crippen LogP contribution in [0.5, 0.6) is 0 Å². The number of fused-ring (bicyclic) bond motifs is 1. The summed E-state index contributed by atoms with van der Waals surface area (Å²) in [6.45, 7) is 9.57. The number of aryl methyl sites for hydroxylation is 1. The maximum absolute atomic E-state index is 13.9. The molecule has 0 radical (unpaired) electrons. The summed E-state index contributed by atoms with van der Waals surface area (Å²) >= 11 is 0. The Balaban J connectivity index is 1.33. The lowest BCUT2D eigenvalue weighted by Crippen LogP contribution is -2.70. The van der Waals surface area contributed by atoms with Crippen LogP contribution in [0.3, 0.4) is 0 Å². The smallest absolute Gasteiger partial charge is 0.327 e. The van der Waals surface area contributed by atoms with Crippen molar-refractivity contribution in [2.24, 2.45) is 11.3 Å². The molecule has 4 atom stereocenters. The Morgan fingerprint density at radius 1 is 1.17 bits per heavy atom. The summed E-state index contributed by atoms with van der Waals surface area (Å²) in [6, 6.07) is 11.2. The van der Waals surface area contributed by atoms with Gasteiger partial charge in [-0.1, -0.05) is 43.7 Å². The van der Waals surface area contributed by atoms with Gasteiger partial charge in [-0.15, -0.1) is 0 Å². The lowest BCUT2D eigenvalue weighted by Gasteiger charge is -2.66. The van der Waals surface area contributed by atoms with Crippen molar-refractivity contribution < 1.29 is 14.3 Å². The van der Waals surface area contributed by atoms with E-state index in [1.807, 2.05) is 13.8 Å². The number of urea groups is 1. The van der Waals surface area contributed by atoms with Crippen LogP contribution in [0.2, 0.25) is 0 Å². The maximum atomic E-state index is 13.9. The maximum Gasteiger partial charge on any atom is 0.327 e. The van der Waals surface area contributed by atoms with Gasteiger partial charge < -0.3 is 9.64 Å². The summed E-state index contributed by atoms with van der Waals surface area (Å²) < 4.78 is 5.58. The van der Waals surface area contributed by atoms with E-state index in [1.165, 1.54) is 37.9 Å². The highest BCUT2D eigenvalue weighted by Gasteiger charge is 2.57. The molecule has 2 heterocycles. The van der Waals surface area contributed by atoms with Crippen LogP contribution in [0.25, 0.3) is 0 Å². The average Bonchev–Trinajstić information content (AvgIpc) is 3.39. The van der Waals surface area contributed by atoms with E-state index in [1.54, 1.807) is 16.8 Å². The Hall–Kier alpha value is -1.92. The first-order valence-corrected chi connectivity index (χ1v) is 14.3. The van der Waals surface area contributed by atoms with Crippen molar-refractivity contribution in [3.8, 4) is 0 Å². The molecule has 1 aromatic rings. The fourth-order valence-corrected chi connectivity index (χ4v) is 6.52. The van der Waals surface area contributed by atoms with Gasteiger partial charge >= 0.3 is 6.03 Å². The summed E-state index contributed by atoms with van der Waals surface area (Å²) in [4.78, 5) is 33.2. The number of hydrogen-bond donors (Lipinski definition) is 0. The molecule has 2 aliphatic heterocycles. The molecule has 0 N–H and O–H groups in total. The van der Waals surface area contributed by atoms with Crippen LogP contribution in [0.1, 0.15) is 77.7 Å². The molecule has 4 unspecified atom stereocenters. The molecule has 1 saturated carbocycles. The van der Waals surface area contributed by atoms with Crippen LogP contribution >= 0.6 is 0 Å². The minimum absolute atomic E-state index is 0.0242. The number of ether oxygens (including phenoxy) is 1. The van der Waals surface area contributed by atoms with Crippen molar-refractivity contribution in [2.45, 2.75) is 96.7 Å². The van der Waals surface area contributed by atoms with Gasteiger partial charge in [-0.2, -0.15) is 0 Å². The summed E-state index contributed by atoms with van der Waals surface area (Å²) in [5.74, 6) is -0.0565. The highest BCUT2D eigenvalue weighted by molar-refractivity contribution is 5.96. The molecule has 4 rings (SSSR count). The SMILES string of the molecule is CCCC(CCC12CCC1N(CCCc1ccccc1)C2)C(=O)N(C(=O)N(C)C(C)C)C1CCOC1. The fourth-order valence-electron chi connectivity index (χ4n) is 6.52. The number of piperidine rings is 1. The number of carbonyl (C=O) groups is 2. The van der Waals surface area contributed by atoms with E-state index < -0.39 is 0 Å². The molecule has 0 bridgehead atoms. The zero-order valence-corrected chi connectivity index (χ0v) is 23.0. The van der Waals surface area contributed by atoms with Crippen LogP contribution in [-0.2, 0) is 16.0 Å². The summed E-state index contributed by atoms with van der Waals surface area (Å²) in [5, 5.41) is 0. The minimum atomic E-state index is -0.167. The quantitative estimate of drug-likeness (QED) is 0.390. The monoisotopic (exact) mass is 497 g/mol. The zero-order valence-electron chi connectivity index (χ0n) is 23.0. The van der Waals surface area contributed by atoms with Gasteiger partial charge in [0, 0.05) is 38.2 Å². The van der Waals surface area contributed by atoms with Crippen molar-refractivity contribution in [3.05, 3.63) is 35.9 Å². The largest absolute Gasteiger partial charge is 0.379 e. The molecule has 36 heavy (non-hydrogen) atoms. The number of carbonyl (C=O) groups excluding carboxylic acids is 2. The van der Waals surface area contributed by atoms with Crippen molar-refractivity contribution in [2.75, 3.05) is 33.4 Å². The van der Waals surface area contributed by atoms with Crippen molar-refractivity contribution in [1.82, 2.24) is 14.7 Å². The Morgan fingerprint density at radius 2 is 1.94 bits per heavy atom. The molecule has 1 aliphatic carbocycles. The van der Waals surface area contributed by atoms with Gasteiger partial charge in [0.25, 0.3) is 0 Å². The van der Waals surface area contributed by atoms with E-state index in [-0.39, 0.29) is 29.9 Å². The van der Waals surface area contributed by atoms with E-state index in [9.17, 15) is 9.59 Å². The van der Waals surface area contributed by atoms with Crippen LogP contribution < -0.4 is 0 Å². The van der Waals surface area contributed by atoms with Crippen molar-refractivity contribution >= 4 is 11.9 Å². The zero-order chi connectivity index (χ0) is 25.7.